The van der Waals surface area contributed by atoms with Gasteiger partial charge in [-0.15, -0.1) is 0 Å². The number of hydrogen-bond acceptors (Lipinski definition) is 3. The molecule has 0 spiro atoms. The zero-order valence-corrected chi connectivity index (χ0v) is 12.8. The summed E-state index contributed by atoms with van der Waals surface area (Å²) in [5, 5.41) is 11.6. The van der Waals surface area contributed by atoms with Gasteiger partial charge >= 0.3 is 5.97 Å². The van der Waals surface area contributed by atoms with Crippen molar-refractivity contribution in [3.63, 3.8) is 0 Å². The number of aromatic carboxylic acids is 1. The molecule has 1 rings (SSSR count). The molecule has 0 fully saturated rings. The van der Waals surface area contributed by atoms with Gasteiger partial charge in [-0.05, 0) is 53.6 Å². The summed E-state index contributed by atoms with van der Waals surface area (Å²) in [6.45, 7) is 0.639. The van der Waals surface area contributed by atoms with Crippen LogP contribution in [0.2, 0.25) is 0 Å². The number of unbranched alkanes of at least 4 members (excludes halogenated alkanes) is 1. The molecule has 6 heteroatoms. The number of rotatable bonds is 7. The summed E-state index contributed by atoms with van der Waals surface area (Å²) in [5.74, 6) is -1.12. The molecule has 1 aromatic carbocycles. The van der Waals surface area contributed by atoms with E-state index in [2.05, 4.69) is 5.32 Å². The van der Waals surface area contributed by atoms with Crippen LogP contribution in [-0.2, 0) is 9.53 Å². The van der Waals surface area contributed by atoms with E-state index in [9.17, 15) is 9.59 Å². The number of carboxylic acids is 1. The molecule has 0 saturated carbocycles. The van der Waals surface area contributed by atoms with E-state index in [0.29, 0.717) is 18.7 Å². The molecule has 0 bridgehead atoms. The van der Waals surface area contributed by atoms with Crippen LogP contribution in [0.1, 0.15) is 29.6 Å². The lowest BCUT2D eigenvalue weighted by Gasteiger charge is -2.07. The lowest BCUT2D eigenvalue weighted by atomic mass is 10.2. The predicted molar refractivity (Wildman–Crippen MR) is 80.5 cm³/mol. The molecule has 0 unspecified atom stereocenters. The average molecular weight is 377 g/mol. The molecule has 0 aliphatic heterocycles. The molecule has 0 aliphatic carbocycles. The highest BCUT2D eigenvalue weighted by Gasteiger charge is 2.08. The van der Waals surface area contributed by atoms with Crippen LogP contribution < -0.4 is 5.32 Å². The fourth-order valence-electron chi connectivity index (χ4n) is 1.54. The number of halogens is 1. The molecule has 104 valence electrons. The van der Waals surface area contributed by atoms with E-state index in [0.717, 1.165) is 16.4 Å². The monoisotopic (exact) mass is 377 g/mol. The molecule has 0 radical (unpaired) electrons. The minimum absolute atomic E-state index is 0.116. The zero-order chi connectivity index (χ0) is 14.3. The summed E-state index contributed by atoms with van der Waals surface area (Å²) in [7, 11) is 1.62. The topological polar surface area (TPSA) is 75.6 Å². The highest BCUT2D eigenvalue weighted by Crippen LogP contribution is 2.17. The van der Waals surface area contributed by atoms with Gasteiger partial charge in [0.25, 0.3) is 0 Å². The maximum atomic E-state index is 11.7. The Labute approximate surface area is 125 Å². The van der Waals surface area contributed by atoms with E-state index in [4.69, 9.17) is 9.84 Å². The number of nitrogens with one attached hydrogen (secondary N) is 1. The van der Waals surface area contributed by atoms with Crippen molar-refractivity contribution >= 4 is 40.2 Å². The minimum atomic E-state index is -1.01. The van der Waals surface area contributed by atoms with E-state index < -0.39 is 5.97 Å². The Bertz CT molecular complexity index is 462. The first-order chi connectivity index (χ1) is 9.02. The number of methoxy groups -OCH3 is 1. The van der Waals surface area contributed by atoms with Gasteiger partial charge in [-0.2, -0.15) is 0 Å². The maximum Gasteiger partial charge on any atom is 0.335 e. The van der Waals surface area contributed by atoms with Crippen molar-refractivity contribution in [2.45, 2.75) is 19.3 Å². The normalized spacial score (nSPS) is 10.2. The van der Waals surface area contributed by atoms with Crippen molar-refractivity contribution in [3.8, 4) is 0 Å². The Morgan fingerprint density at radius 2 is 2.05 bits per heavy atom. The van der Waals surface area contributed by atoms with E-state index >= 15 is 0 Å². The number of benzene rings is 1. The smallest absolute Gasteiger partial charge is 0.335 e. The minimum Gasteiger partial charge on any atom is -0.478 e. The molecule has 1 amide bonds. The van der Waals surface area contributed by atoms with Crippen LogP contribution in [-0.4, -0.2) is 30.7 Å². The third kappa shape index (κ3) is 6.02. The quantitative estimate of drug-likeness (QED) is 0.566. The highest BCUT2D eigenvalue weighted by molar-refractivity contribution is 14.1. The average Bonchev–Trinajstić information content (AvgIpc) is 2.34. The van der Waals surface area contributed by atoms with Crippen LogP contribution in [0.15, 0.2) is 18.2 Å². The second-order valence-electron chi connectivity index (χ2n) is 4.03. The van der Waals surface area contributed by atoms with E-state index in [1.807, 2.05) is 22.6 Å². The van der Waals surface area contributed by atoms with Gasteiger partial charge in [0.2, 0.25) is 5.91 Å². The summed E-state index contributed by atoms with van der Waals surface area (Å²) in [4.78, 5) is 22.6. The van der Waals surface area contributed by atoms with Gasteiger partial charge in [0.05, 0.1) is 5.56 Å². The standard InChI is InChI=1S/C13H16INO4/c1-19-5-3-2-4-12(16)15-11-7-9(13(17)18)6-10(14)8-11/h6-8H,2-5H2,1H3,(H,15,16)(H,17,18). The Kier molecular flexibility index (Phi) is 6.79. The Hall–Kier alpha value is -1.15. The zero-order valence-electron chi connectivity index (χ0n) is 10.6. The first-order valence-electron chi connectivity index (χ1n) is 5.85. The summed E-state index contributed by atoms with van der Waals surface area (Å²) in [5.41, 5.74) is 0.683. The van der Waals surface area contributed by atoms with Crippen LogP contribution in [0.4, 0.5) is 5.69 Å². The van der Waals surface area contributed by atoms with Gasteiger partial charge in [0, 0.05) is 29.4 Å². The van der Waals surface area contributed by atoms with Gasteiger partial charge in [-0.1, -0.05) is 0 Å². The molecule has 19 heavy (non-hydrogen) atoms. The van der Waals surface area contributed by atoms with Crippen LogP contribution >= 0.6 is 22.6 Å². The van der Waals surface area contributed by atoms with Crippen molar-refractivity contribution in [2.75, 3.05) is 19.0 Å². The highest BCUT2D eigenvalue weighted by atomic mass is 127. The first kappa shape index (κ1) is 15.9. The van der Waals surface area contributed by atoms with Gasteiger partial charge in [0.1, 0.15) is 0 Å². The van der Waals surface area contributed by atoms with Crippen LogP contribution in [0.5, 0.6) is 0 Å². The van der Waals surface area contributed by atoms with Crippen LogP contribution in [0.3, 0.4) is 0 Å². The summed E-state index contributed by atoms with van der Waals surface area (Å²) < 4.78 is 5.67. The SMILES string of the molecule is COCCCCC(=O)Nc1cc(I)cc(C(=O)O)c1. The van der Waals surface area contributed by atoms with E-state index in [-0.39, 0.29) is 11.5 Å². The molecule has 1 aromatic rings. The van der Waals surface area contributed by atoms with Crippen molar-refractivity contribution in [1.29, 1.82) is 0 Å². The molecule has 0 aromatic heterocycles. The number of carboxylic acid groups (broad SMARTS) is 1. The molecular formula is C13H16INO4. The maximum absolute atomic E-state index is 11.7. The van der Waals surface area contributed by atoms with Crippen molar-refractivity contribution in [2.24, 2.45) is 0 Å². The van der Waals surface area contributed by atoms with Gasteiger partial charge in [0.15, 0.2) is 0 Å². The van der Waals surface area contributed by atoms with Crippen molar-refractivity contribution in [1.82, 2.24) is 0 Å². The number of carbonyl (C=O) groups is 2. The Morgan fingerprint density at radius 1 is 1.32 bits per heavy atom. The predicted octanol–water partition coefficient (Wildman–Crippen LogP) is 2.74. The fourth-order valence-corrected chi connectivity index (χ4v) is 2.21. The molecule has 0 atom stereocenters. The molecule has 5 nitrogen and oxygen atoms in total. The van der Waals surface area contributed by atoms with Crippen molar-refractivity contribution in [3.05, 3.63) is 27.3 Å². The third-order valence-corrected chi connectivity index (χ3v) is 3.05. The first-order valence-corrected chi connectivity index (χ1v) is 6.93. The number of ether oxygens (including phenoxy) is 1. The molecule has 0 aliphatic rings. The van der Waals surface area contributed by atoms with Crippen LogP contribution in [0.25, 0.3) is 0 Å². The van der Waals surface area contributed by atoms with Crippen molar-refractivity contribution < 1.29 is 19.4 Å². The molecule has 0 heterocycles. The Balaban J connectivity index is 2.56. The summed E-state index contributed by atoms with van der Waals surface area (Å²) >= 11 is 2.02. The number of carbonyl (C=O) groups excluding carboxylic acids is 1. The number of hydrogen-bond donors (Lipinski definition) is 2. The van der Waals surface area contributed by atoms with Gasteiger partial charge < -0.3 is 15.2 Å². The van der Waals surface area contributed by atoms with Gasteiger partial charge in [-0.3, -0.25) is 4.79 Å². The second kappa shape index (κ2) is 8.11. The third-order valence-electron chi connectivity index (χ3n) is 2.43. The largest absolute Gasteiger partial charge is 0.478 e. The molecule has 2 N–H and O–H groups in total. The lowest BCUT2D eigenvalue weighted by Crippen LogP contribution is -2.12. The second-order valence-corrected chi connectivity index (χ2v) is 5.28. The summed E-state index contributed by atoms with van der Waals surface area (Å²) in [6, 6.07) is 4.74. The molecular weight excluding hydrogens is 361 g/mol. The van der Waals surface area contributed by atoms with Crippen LogP contribution in [0, 0.1) is 3.57 Å². The number of anilines is 1. The Morgan fingerprint density at radius 3 is 2.68 bits per heavy atom. The molecule has 0 saturated heterocycles. The van der Waals surface area contributed by atoms with Gasteiger partial charge in [-0.25, -0.2) is 4.79 Å². The number of amides is 1. The fraction of sp³-hybridized carbons (Fsp3) is 0.385. The van der Waals surface area contributed by atoms with E-state index in [1.54, 1.807) is 19.2 Å². The lowest BCUT2D eigenvalue weighted by molar-refractivity contribution is -0.116. The summed E-state index contributed by atoms with van der Waals surface area (Å²) in [6.07, 6.45) is 1.98. The van der Waals surface area contributed by atoms with E-state index in [1.165, 1.54) is 6.07 Å².